The van der Waals surface area contributed by atoms with Crippen molar-refractivity contribution >= 4 is 21.6 Å². The van der Waals surface area contributed by atoms with E-state index >= 15 is 0 Å². The predicted octanol–water partition coefficient (Wildman–Crippen LogP) is 3.38. The van der Waals surface area contributed by atoms with E-state index in [1.165, 1.54) is 21.5 Å². The second kappa shape index (κ2) is 7.60. The zero-order valence-electron chi connectivity index (χ0n) is 15.8. The third-order valence-electron chi connectivity index (χ3n) is 4.92. The lowest BCUT2D eigenvalue weighted by molar-refractivity contribution is 0.287. The molecule has 2 aromatic heterocycles. The Bertz CT molecular complexity index is 1040. The molecule has 0 aliphatic carbocycles. The number of nitrogens with one attached hydrogen (secondary N) is 1. The van der Waals surface area contributed by atoms with Crippen molar-refractivity contribution in [1.82, 2.24) is 14.5 Å². The number of nitrogens with zero attached hydrogens (tertiary/aromatic N) is 2. The molecule has 5 nitrogen and oxygen atoms in total. The number of benzene rings is 1. The van der Waals surface area contributed by atoms with Gasteiger partial charge in [-0.05, 0) is 38.1 Å². The summed E-state index contributed by atoms with van der Waals surface area (Å²) in [5.41, 5.74) is 3.73. The van der Waals surface area contributed by atoms with E-state index in [0.29, 0.717) is 23.3 Å². The van der Waals surface area contributed by atoms with Gasteiger partial charge in [0.05, 0.1) is 5.39 Å². The van der Waals surface area contributed by atoms with Gasteiger partial charge in [-0.2, -0.15) is 0 Å². The van der Waals surface area contributed by atoms with Crippen LogP contribution in [0.3, 0.4) is 0 Å². The van der Waals surface area contributed by atoms with E-state index in [4.69, 9.17) is 0 Å². The zero-order chi connectivity index (χ0) is 18.8. The van der Waals surface area contributed by atoms with Crippen LogP contribution < -0.4 is 11.2 Å². The van der Waals surface area contributed by atoms with Crippen molar-refractivity contribution in [2.24, 2.45) is 0 Å². The minimum atomic E-state index is -0.330. The molecule has 0 aliphatic heterocycles. The first-order valence-electron chi connectivity index (χ1n) is 9.00. The zero-order valence-corrected chi connectivity index (χ0v) is 16.6. The maximum Gasteiger partial charge on any atom is 0.329 e. The standard InChI is InChI=1S/C20H25N3O2S/c1-5-22(6-2)9-10-23-19(24)17-16(12-26-18(17)21-20(23)25)15-8-7-13(3)11-14(15)4/h7-8,11-12H,5-6,9-10H2,1-4H3,(H,21,25). The van der Waals surface area contributed by atoms with E-state index < -0.39 is 0 Å². The Morgan fingerprint density at radius 2 is 1.85 bits per heavy atom. The van der Waals surface area contributed by atoms with Crippen LogP contribution in [0.1, 0.15) is 25.0 Å². The van der Waals surface area contributed by atoms with Crippen LogP contribution in [0.25, 0.3) is 21.3 Å². The van der Waals surface area contributed by atoms with Crippen LogP contribution in [0.15, 0.2) is 33.2 Å². The van der Waals surface area contributed by atoms with Crippen LogP contribution in [0.4, 0.5) is 0 Å². The van der Waals surface area contributed by atoms with Crippen LogP contribution in [0.2, 0.25) is 0 Å². The Kier molecular flexibility index (Phi) is 5.44. The summed E-state index contributed by atoms with van der Waals surface area (Å²) in [4.78, 5) is 31.2. The Labute approximate surface area is 156 Å². The molecule has 0 atom stereocenters. The number of likely N-dealkylation sites (N-methyl/N-ethyl adjacent to an activating group) is 1. The summed E-state index contributed by atoms with van der Waals surface area (Å²) in [6, 6.07) is 6.22. The molecule has 0 saturated carbocycles. The van der Waals surface area contributed by atoms with Gasteiger partial charge in [-0.1, -0.05) is 37.6 Å². The summed E-state index contributed by atoms with van der Waals surface area (Å²) in [5.74, 6) is 0. The first-order chi connectivity index (χ1) is 12.5. The lowest BCUT2D eigenvalue weighted by Gasteiger charge is -2.18. The summed E-state index contributed by atoms with van der Waals surface area (Å²) in [6.45, 7) is 11.2. The molecule has 1 aromatic carbocycles. The van der Waals surface area contributed by atoms with Gasteiger partial charge in [0, 0.05) is 24.0 Å². The van der Waals surface area contributed by atoms with E-state index in [0.717, 1.165) is 29.8 Å². The smallest absolute Gasteiger partial charge is 0.302 e. The highest BCUT2D eigenvalue weighted by Gasteiger charge is 2.16. The summed E-state index contributed by atoms with van der Waals surface area (Å²) >= 11 is 1.41. The minimum Gasteiger partial charge on any atom is -0.302 e. The Morgan fingerprint density at radius 1 is 1.12 bits per heavy atom. The number of aromatic nitrogens is 2. The van der Waals surface area contributed by atoms with Crippen molar-refractivity contribution in [3.63, 3.8) is 0 Å². The first-order valence-corrected chi connectivity index (χ1v) is 9.88. The van der Waals surface area contributed by atoms with Gasteiger partial charge in [-0.25, -0.2) is 4.79 Å². The van der Waals surface area contributed by atoms with Gasteiger partial charge in [0.1, 0.15) is 4.83 Å². The molecule has 0 unspecified atom stereocenters. The Balaban J connectivity index is 2.12. The van der Waals surface area contributed by atoms with Crippen molar-refractivity contribution in [1.29, 1.82) is 0 Å². The van der Waals surface area contributed by atoms with Gasteiger partial charge < -0.3 is 4.90 Å². The molecule has 138 valence electrons. The average Bonchev–Trinajstić information content (AvgIpc) is 3.01. The number of fused-ring (bicyclic) bond motifs is 1. The van der Waals surface area contributed by atoms with E-state index in [-0.39, 0.29) is 11.2 Å². The summed E-state index contributed by atoms with van der Waals surface area (Å²) < 4.78 is 1.33. The Hall–Kier alpha value is -2.18. The third kappa shape index (κ3) is 3.39. The molecule has 2 heterocycles. The highest BCUT2D eigenvalue weighted by molar-refractivity contribution is 7.17. The van der Waals surface area contributed by atoms with Gasteiger partial charge >= 0.3 is 5.69 Å². The van der Waals surface area contributed by atoms with Gasteiger partial charge in [-0.15, -0.1) is 11.3 Å². The Morgan fingerprint density at radius 3 is 2.50 bits per heavy atom. The van der Waals surface area contributed by atoms with E-state index in [1.807, 2.05) is 5.38 Å². The molecule has 0 aliphatic rings. The first kappa shape index (κ1) is 18.6. The fraction of sp³-hybridized carbons (Fsp3) is 0.400. The van der Waals surface area contributed by atoms with E-state index in [9.17, 15) is 9.59 Å². The quantitative estimate of drug-likeness (QED) is 0.723. The lowest BCUT2D eigenvalue weighted by atomic mass is 9.99. The summed E-state index contributed by atoms with van der Waals surface area (Å²) in [7, 11) is 0. The molecule has 6 heteroatoms. The molecule has 1 N–H and O–H groups in total. The second-order valence-electron chi connectivity index (χ2n) is 6.59. The molecule has 3 aromatic rings. The van der Waals surface area contributed by atoms with E-state index in [2.05, 4.69) is 55.8 Å². The van der Waals surface area contributed by atoms with Crippen molar-refractivity contribution in [3.8, 4) is 11.1 Å². The molecular weight excluding hydrogens is 346 g/mol. The van der Waals surface area contributed by atoms with Gasteiger partial charge in [0.2, 0.25) is 0 Å². The second-order valence-corrected chi connectivity index (χ2v) is 7.47. The topological polar surface area (TPSA) is 58.1 Å². The third-order valence-corrected chi connectivity index (χ3v) is 5.82. The van der Waals surface area contributed by atoms with Crippen LogP contribution in [0.5, 0.6) is 0 Å². The average molecular weight is 372 g/mol. The number of H-pyrrole nitrogens is 1. The number of aryl methyl sites for hydroxylation is 2. The highest BCUT2D eigenvalue weighted by Crippen LogP contribution is 2.32. The monoisotopic (exact) mass is 371 g/mol. The molecule has 0 spiro atoms. The van der Waals surface area contributed by atoms with Crippen molar-refractivity contribution in [3.05, 3.63) is 55.5 Å². The number of thiophene rings is 1. The van der Waals surface area contributed by atoms with Crippen LogP contribution in [-0.4, -0.2) is 34.1 Å². The van der Waals surface area contributed by atoms with Gasteiger partial charge in [-0.3, -0.25) is 14.3 Å². The molecule has 0 radical (unpaired) electrons. The number of rotatable bonds is 6. The lowest BCUT2D eigenvalue weighted by Crippen LogP contribution is -2.39. The number of aromatic amines is 1. The normalized spacial score (nSPS) is 11.6. The maximum absolute atomic E-state index is 13.1. The minimum absolute atomic E-state index is 0.202. The van der Waals surface area contributed by atoms with Gasteiger partial charge in [0.25, 0.3) is 5.56 Å². The van der Waals surface area contributed by atoms with Crippen LogP contribution >= 0.6 is 11.3 Å². The fourth-order valence-electron chi connectivity index (χ4n) is 3.35. The molecule has 0 bridgehead atoms. The molecule has 3 rings (SSSR count). The SMILES string of the molecule is CCN(CC)CCn1c(=O)[nH]c2scc(-c3ccc(C)cc3C)c2c1=O. The number of hydrogen-bond acceptors (Lipinski definition) is 4. The van der Waals surface area contributed by atoms with Crippen LogP contribution in [0, 0.1) is 13.8 Å². The highest BCUT2D eigenvalue weighted by atomic mass is 32.1. The van der Waals surface area contributed by atoms with E-state index in [1.54, 1.807) is 0 Å². The summed E-state index contributed by atoms with van der Waals surface area (Å²) in [6.07, 6.45) is 0. The summed E-state index contributed by atoms with van der Waals surface area (Å²) in [5, 5.41) is 2.58. The molecule has 0 fully saturated rings. The molecule has 0 saturated heterocycles. The number of hydrogen-bond donors (Lipinski definition) is 1. The van der Waals surface area contributed by atoms with Crippen LogP contribution in [-0.2, 0) is 6.54 Å². The molecule has 0 amide bonds. The van der Waals surface area contributed by atoms with Crippen molar-refractivity contribution in [2.45, 2.75) is 34.2 Å². The molecule has 26 heavy (non-hydrogen) atoms. The fourth-order valence-corrected chi connectivity index (χ4v) is 4.29. The van der Waals surface area contributed by atoms with Gasteiger partial charge in [0.15, 0.2) is 0 Å². The largest absolute Gasteiger partial charge is 0.329 e. The predicted molar refractivity (Wildman–Crippen MR) is 109 cm³/mol. The molecular formula is C20H25N3O2S. The van der Waals surface area contributed by atoms with Crippen molar-refractivity contribution in [2.75, 3.05) is 19.6 Å². The van der Waals surface area contributed by atoms with Crippen molar-refractivity contribution < 1.29 is 0 Å². The maximum atomic E-state index is 13.1.